The number of rotatable bonds is 3. The van der Waals surface area contributed by atoms with Crippen molar-refractivity contribution in [1.82, 2.24) is 4.57 Å². The molecule has 7 nitrogen and oxygen atoms in total. The van der Waals surface area contributed by atoms with Crippen LogP contribution in [-0.2, 0) is 6.42 Å². The van der Waals surface area contributed by atoms with Crippen LogP contribution in [0.4, 0.5) is 5.69 Å². The van der Waals surface area contributed by atoms with Crippen molar-refractivity contribution in [3.8, 4) is 5.75 Å². The van der Waals surface area contributed by atoms with Crippen molar-refractivity contribution in [2.24, 2.45) is 4.99 Å². The van der Waals surface area contributed by atoms with Gasteiger partial charge in [-0.2, -0.15) is 0 Å². The number of nitro groups is 1. The lowest BCUT2D eigenvalue weighted by Gasteiger charge is -2.31. The fourth-order valence-electron chi connectivity index (χ4n) is 4.90. The lowest BCUT2D eigenvalue weighted by atomic mass is 9.83. The van der Waals surface area contributed by atoms with Crippen molar-refractivity contribution in [2.75, 3.05) is 0 Å². The summed E-state index contributed by atoms with van der Waals surface area (Å²) in [6, 6.07) is 18.6. The zero-order valence-electron chi connectivity index (χ0n) is 18.7. The third kappa shape index (κ3) is 3.57. The van der Waals surface area contributed by atoms with E-state index in [2.05, 4.69) is 6.07 Å². The second-order valence-corrected chi connectivity index (χ2v) is 10.0. The maximum atomic E-state index is 13.7. The monoisotopic (exact) mass is 514 g/mol. The van der Waals surface area contributed by atoms with Gasteiger partial charge in [-0.05, 0) is 47.2 Å². The summed E-state index contributed by atoms with van der Waals surface area (Å²) in [5, 5.41) is 24.2. The molecule has 2 heterocycles. The van der Waals surface area contributed by atoms with Crippen molar-refractivity contribution >= 4 is 40.4 Å². The zero-order valence-corrected chi connectivity index (χ0v) is 20.3. The molecule has 6 rings (SSSR count). The van der Waals surface area contributed by atoms with Crippen molar-refractivity contribution in [3.63, 3.8) is 0 Å². The smallest absolute Gasteiger partial charge is 0.271 e. The first-order chi connectivity index (χ1) is 17.4. The molecule has 178 valence electrons. The van der Waals surface area contributed by atoms with E-state index in [1.807, 2.05) is 36.4 Å². The Bertz CT molecular complexity index is 1790. The number of benzene rings is 3. The summed E-state index contributed by atoms with van der Waals surface area (Å²) >= 11 is 7.79. The summed E-state index contributed by atoms with van der Waals surface area (Å²) in [6.07, 6.45) is 2.97. The van der Waals surface area contributed by atoms with E-state index in [0.717, 1.165) is 58.7 Å². The molecule has 1 aliphatic carbocycles. The first kappa shape index (κ1) is 22.5. The Morgan fingerprint density at radius 1 is 1.08 bits per heavy atom. The van der Waals surface area contributed by atoms with Crippen LogP contribution in [0.5, 0.6) is 5.75 Å². The molecule has 1 aliphatic heterocycles. The van der Waals surface area contributed by atoms with Crippen molar-refractivity contribution in [3.05, 3.63) is 129 Å². The third-order valence-electron chi connectivity index (χ3n) is 6.56. The van der Waals surface area contributed by atoms with Crippen LogP contribution in [0.3, 0.4) is 0 Å². The summed E-state index contributed by atoms with van der Waals surface area (Å²) in [7, 11) is 0. The maximum Gasteiger partial charge on any atom is 0.271 e. The highest BCUT2D eigenvalue weighted by atomic mass is 35.5. The lowest BCUT2D eigenvalue weighted by Crippen LogP contribution is -2.38. The minimum Gasteiger partial charge on any atom is -0.872 e. The number of allylic oxidation sites excluding steroid dienone is 1. The molecule has 2 aliphatic rings. The molecule has 0 amide bonds. The Labute approximate surface area is 213 Å². The number of hydrogen-bond donors (Lipinski definition) is 0. The highest BCUT2D eigenvalue weighted by molar-refractivity contribution is 7.07. The van der Waals surface area contributed by atoms with E-state index in [4.69, 9.17) is 16.6 Å². The molecule has 0 fully saturated rings. The van der Waals surface area contributed by atoms with Crippen molar-refractivity contribution < 1.29 is 10.0 Å². The predicted molar refractivity (Wildman–Crippen MR) is 137 cm³/mol. The molecule has 0 unspecified atom stereocenters. The number of aryl methyl sites for hydroxylation is 1. The number of halogens is 1. The molecule has 0 bridgehead atoms. The minimum atomic E-state index is -0.568. The van der Waals surface area contributed by atoms with Gasteiger partial charge in [0.15, 0.2) is 4.80 Å². The highest BCUT2D eigenvalue weighted by Crippen LogP contribution is 2.42. The topological polar surface area (TPSA) is 101 Å². The number of aromatic nitrogens is 1. The molecule has 9 heteroatoms. The Hall–Kier alpha value is -4.01. The summed E-state index contributed by atoms with van der Waals surface area (Å²) in [6.45, 7) is 0. The molecule has 0 radical (unpaired) electrons. The Morgan fingerprint density at radius 3 is 2.67 bits per heavy atom. The lowest BCUT2D eigenvalue weighted by molar-refractivity contribution is -0.385. The van der Waals surface area contributed by atoms with Gasteiger partial charge < -0.3 is 5.11 Å². The molecule has 4 aromatic rings. The molecule has 3 aromatic carbocycles. The molecular formula is C27H17ClN3O4S-. The Balaban J connectivity index is 1.63. The van der Waals surface area contributed by atoms with Crippen LogP contribution < -0.4 is 20.0 Å². The Morgan fingerprint density at radius 2 is 1.86 bits per heavy atom. The van der Waals surface area contributed by atoms with Crippen molar-refractivity contribution in [1.29, 1.82) is 0 Å². The van der Waals surface area contributed by atoms with Crippen LogP contribution in [0.15, 0.2) is 82.1 Å². The van der Waals surface area contributed by atoms with Crippen LogP contribution in [0.25, 0.3) is 11.8 Å². The first-order valence-electron chi connectivity index (χ1n) is 11.3. The van der Waals surface area contributed by atoms with Gasteiger partial charge >= 0.3 is 0 Å². The van der Waals surface area contributed by atoms with Crippen molar-refractivity contribution in [2.45, 2.75) is 18.9 Å². The fourth-order valence-corrected chi connectivity index (χ4v) is 6.13. The largest absolute Gasteiger partial charge is 0.872 e. The van der Waals surface area contributed by atoms with E-state index in [1.54, 1.807) is 10.6 Å². The number of non-ortho nitro benzene ring substituents is 1. The predicted octanol–water partition coefficient (Wildman–Crippen LogP) is 3.95. The number of nitrogens with zero attached hydrogens (tertiary/aromatic N) is 3. The SMILES string of the molecule is O=c1/c(=C\c2cc([N+](=O)[O-])ccc2[O-])sc2n1[C@@H](c1ccccc1Cl)C1=C(N=2)c2ccccc2CC1. The van der Waals surface area contributed by atoms with Gasteiger partial charge in [0.05, 0.1) is 21.2 Å². The van der Waals surface area contributed by atoms with E-state index in [1.165, 1.54) is 17.7 Å². The van der Waals surface area contributed by atoms with Crippen LogP contribution in [0, 0.1) is 10.1 Å². The van der Waals surface area contributed by atoms with Gasteiger partial charge in [-0.3, -0.25) is 19.5 Å². The van der Waals surface area contributed by atoms with Gasteiger partial charge in [-0.1, -0.05) is 71.5 Å². The third-order valence-corrected chi connectivity index (χ3v) is 7.89. The first-order valence-corrected chi connectivity index (χ1v) is 12.4. The second kappa shape index (κ2) is 8.58. The fraction of sp³-hybridized carbons (Fsp3) is 0.111. The molecule has 1 atom stereocenters. The van der Waals surface area contributed by atoms with E-state index in [0.29, 0.717) is 9.82 Å². The van der Waals surface area contributed by atoms with Crippen LogP contribution in [-0.4, -0.2) is 9.49 Å². The van der Waals surface area contributed by atoms with Gasteiger partial charge in [-0.15, -0.1) is 5.75 Å². The van der Waals surface area contributed by atoms with Gasteiger partial charge in [0, 0.05) is 22.7 Å². The average Bonchev–Trinajstić information content (AvgIpc) is 3.19. The average molecular weight is 515 g/mol. The van der Waals surface area contributed by atoms with Crippen LogP contribution in [0.1, 0.15) is 34.7 Å². The number of fused-ring (bicyclic) bond motifs is 3. The van der Waals surface area contributed by atoms with E-state index in [-0.39, 0.29) is 21.3 Å². The molecule has 0 N–H and O–H groups in total. The molecule has 36 heavy (non-hydrogen) atoms. The summed E-state index contributed by atoms with van der Waals surface area (Å²) in [5.74, 6) is -0.401. The van der Waals surface area contributed by atoms with Crippen LogP contribution >= 0.6 is 22.9 Å². The van der Waals surface area contributed by atoms with Gasteiger partial charge in [0.2, 0.25) is 0 Å². The zero-order chi connectivity index (χ0) is 25.0. The standard InChI is InChI=1S/C27H18ClN3O4S/c28-21-8-4-3-7-19(21)25-20-11-9-15-5-1-2-6-18(15)24(20)29-27-30(25)26(33)23(36-27)14-16-13-17(31(34)35)10-12-22(16)32/h1-8,10,12-14,25,32H,9,11H2/p-1/b23-14+/t25-/m0/s1. The number of hydrogen-bond acceptors (Lipinski definition) is 6. The molecule has 0 saturated heterocycles. The highest BCUT2D eigenvalue weighted by Gasteiger charge is 2.33. The Kier molecular flexibility index (Phi) is 5.35. The summed E-state index contributed by atoms with van der Waals surface area (Å²) < 4.78 is 1.91. The maximum absolute atomic E-state index is 13.7. The molecule has 0 spiro atoms. The summed E-state index contributed by atoms with van der Waals surface area (Å²) in [5.41, 5.74) is 4.44. The number of thiazole rings is 1. The second-order valence-electron chi connectivity index (χ2n) is 8.61. The molecule has 0 saturated carbocycles. The molecule has 1 aromatic heterocycles. The number of nitro benzene ring substituents is 1. The van der Waals surface area contributed by atoms with Gasteiger partial charge in [-0.25, -0.2) is 4.99 Å². The minimum absolute atomic E-state index is 0.0814. The normalized spacial score (nSPS) is 16.7. The summed E-state index contributed by atoms with van der Waals surface area (Å²) in [4.78, 5) is 29.8. The molecular weight excluding hydrogens is 498 g/mol. The quantitative estimate of drug-likeness (QED) is 0.305. The van der Waals surface area contributed by atoms with Gasteiger partial charge in [0.25, 0.3) is 11.2 Å². The van der Waals surface area contributed by atoms with E-state index < -0.39 is 16.7 Å². The van der Waals surface area contributed by atoms with Crippen LogP contribution in [0.2, 0.25) is 5.02 Å². The van der Waals surface area contributed by atoms with E-state index >= 15 is 0 Å². The van der Waals surface area contributed by atoms with E-state index in [9.17, 15) is 20.0 Å². The van der Waals surface area contributed by atoms with Gasteiger partial charge in [0.1, 0.15) is 0 Å².